The van der Waals surface area contributed by atoms with Gasteiger partial charge in [0, 0.05) is 18.6 Å². The molecule has 98 valence electrons. The predicted octanol–water partition coefficient (Wildman–Crippen LogP) is 1.98. The number of likely N-dealkylation sites (N-methyl/N-ethyl adjacent to an activating group) is 1. The lowest BCUT2D eigenvalue weighted by molar-refractivity contribution is 0.0127. The summed E-state index contributed by atoms with van der Waals surface area (Å²) in [6, 6.07) is 0. The molecule has 0 bridgehead atoms. The summed E-state index contributed by atoms with van der Waals surface area (Å²) in [6.45, 7) is 13.7. The Bertz CT molecular complexity index is 173. The van der Waals surface area contributed by atoms with E-state index in [9.17, 15) is 0 Å². The first-order chi connectivity index (χ1) is 7.22. The molecule has 0 aromatic heterocycles. The molecule has 1 unspecified atom stereocenters. The Kier molecular flexibility index (Phi) is 7.20. The second-order valence-electron chi connectivity index (χ2n) is 6.09. The summed E-state index contributed by atoms with van der Waals surface area (Å²) in [5, 5.41) is 3.50. The van der Waals surface area contributed by atoms with Crippen LogP contribution in [0.2, 0.25) is 0 Å². The zero-order valence-corrected chi connectivity index (χ0v) is 12.1. The van der Waals surface area contributed by atoms with Gasteiger partial charge in [-0.25, -0.2) is 0 Å². The molecule has 0 aliphatic heterocycles. The summed E-state index contributed by atoms with van der Waals surface area (Å²) in [6.07, 6.45) is 0.305. The van der Waals surface area contributed by atoms with Gasteiger partial charge >= 0.3 is 0 Å². The summed E-state index contributed by atoms with van der Waals surface area (Å²) in [5.41, 5.74) is 0.165. The predicted molar refractivity (Wildman–Crippen MR) is 70.9 cm³/mol. The van der Waals surface area contributed by atoms with E-state index in [0.717, 1.165) is 19.7 Å². The molecule has 0 spiro atoms. The van der Waals surface area contributed by atoms with Gasteiger partial charge in [-0.15, -0.1) is 0 Å². The average molecular weight is 230 g/mol. The van der Waals surface area contributed by atoms with Crippen molar-refractivity contribution in [2.75, 3.05) is 33.8 Å². The van der Waals surface area contributed by atoms with Gasteiger partial charge in [-0.1, -0.05) is 13.8 Å². The Morgan fingerprint density at radius 2 is 1.75 bits per heavy atom. The Labute approximate surface area is 102 Å². The van der Waals surface area contributed by atoms with Crippen LogP contribution in [0.25, 0.3) is 0 Å². The number of nitrogens with one attached hydrogen (secondary N) is 1. The Hall–Kier alpha value is -0.120. The van der Waals surface area contributed by atoms with E-state index in [4.69, 9.17) is 4.74 Å². The number of ether oxygens (including phenoxy) is 1. The van der Waals surface area contributed by atoms with Gasteiger partial charge in [0.15, 0.2) is 0 Å². The fourth-order valence-corrected chi connectivity index (χ4v) is 1.28. The van der Waals surface area contributed by atoms with Crippen molar-refractivity contribution in [1.82, 2.24) is 10.2 Å². The minimum atomic E-state index is 0.165. The maximum absolute atomic E-state index is 5.91. The van der Waals surface area contributed by atoms with E-state index in [2.05, 4.69) is 58.9 Å². The lowest BCUT2D eigenvalue weighted by atomic mass is 10.0. The summed E-state index contributed by atoms with van der Waals surface area (Å²) >= 11 is 0. The van der Waals surface area contributed by atoms with Gasteiger partial charge in [0.1, 0.15) is 0 Å². The Balaban J connectivity index is 3.89. The SMILES string of the molecule is CC(C)C(CNC(C)(C)C)OCCN(C)C. The molecule has 0 rings (SSSR count). The third kappa shape index (κ3) is 9.13. The molecule has 0 saturated heterocycles. The van der Waals surface area contributed by atoms with E-state index in [1.54, 1.807) is 0 Å². The summed E-state index contributed by atoms with van der Waals surface area (Å²) in [7, 11) is 4.14. The van der Waals surface area contributed by atoms with Crippen molar-refractivity contribution < 1.29 is 4.74 Å². The molecule has 3 heteroatoms. The molecule has 1 N–H and O–H groups in total. The highest BCUT2D eigenvalue weighted by Gasteiger charge is 2.17. The van der Waals surface area contributed by atoms with Crippen molar-refractivity contribution in [3.63, 3.8) is 0 Å². The smallest absolute Gasteiger partial charge is 0.0723 e. The van der Waals surface area contributed by atoms with Crippen molar-refractivity contribution in [2.45, 2.75) is 46.3 Å². The van der Waals surface area contributed by atoms with Crippen LogP contribution >= 0.6 is 0 Å². The molecule has 0 fully saturated rings. The monoisotopic (exact) mass is 230 g/mol. The average Bonchev–Trinajstić information content (AvgIpc) is 2.07. The molecular weight excluding hydrogens is 200 g/mol. The van der Waals surface area contributed by atoms with Crippen LogP contribution in [0.1, 0.15) is 34.6 Å². The highest BCUT2D eigenvalue weighted by Crippen LogP contribution is 2.08. The molecule has 0 radical (unpaired) electrons. The molecule has 0 aromatic rings. The third-order valence-electron chi connectivity index (χ3n) is 2.45. The molecule has 0 saturated carbocycles. The minimum Gasteiger partial charge on any atom is -0.375 e. The Morgan fingerprint density at radius 3 is 2.12 bits per heavy atom. The van der Waals surface area contributed by atoms with E-state index in [-0.39, 0.29) is 5.54 Å². The van der Waals surface area contributed by atoms with E-state index >= 15 is 0 Å². The topological polar surface area (TPSA) is 24.5 Å². The van der Waals surface area contributed by atoms with Crippen molar-refractivity contribution in [2.24, 2.45) is 5.92 Å². The number of rotatable bonds is 7. The van der Waals surface area contributed by atoms with Gasteiger partial charge in [-0.05, 0) is 40.8 Å². The molecule has 16 heavy (non-hydrogen) atoms. The first-order valence-electron chi connectivity index (χ1n) is 6.23. The lowest BCUT2D eigenvalue weighted by Gasteiger charge is -2.28. The van der Waals surface area contributed by atoms with Crippen molar-refractivity contribution in [1.29, 1.82) is 0 Å². The molecule has 0 heterocycles. The largest absolute Gasteiger partial charge is 0.375 e. The fourth-order valence-electron chi connectivity index (χ4n) is 1.28. The highest BCUT2D eigenvalue weighted by molar-refractivity contribution is 4.75. The van der Waals surface area contributed by atoms with Crippen molar-refractivity contribution >= 4 is 0 Å². The molecule has 0 aliphatic carbocycles. The highest BCUT2D eigenvalue weighted by atomic mass is 16.5. The number of nitrogens with zero attached hydrogens (tertiary/aromatic N) is 1. The molecule has 1 atom stereocenters. The first kappa shape index (κ1) is 15.9. The maximum atomic E-state index is 5.91. The summed E-state index contributed by atoms with van der Waals surface area (Å²) < 4.78 is 5.91. The molecule has 0 aliphatic rings. The number of hydrogen-bond donors (Lipinski definition) is 1. The van der Waals surface area contributed by atoms with E-state index in [1.165, 1.54) is 0 Å². The third-order valence-corrected chi connectivity index (χ3v) is 2.45. The molecule has 3 nitrogen and oxygen atoms in total. The van der Waals surface area contributed by atoms with Crippen LogP contribution in [0.5, 0.6) is 0 Å². The lowest BCUT2D eigenvalue weighted by Crippen LogP contribution is -2.43. The zero-order chi connectivity index (χ0) is 12.8. The van der Waals surface area contributed by atoms with Crippen LogP contribution in [0, 0.1) is 5.92 Å². The summed E-state index contributed by atoms with van der Waals surface area (Å²) in [5.74, 6) is 0.553. The van der Waals surface area contributed by atoms with Gasteiger partial charge in [0.25, 0.3) is 0 Å². The van der Waals surface area contributed by atoms with E-state index in [0.29, 0.717) is 12.0 Å². The van der Waals surface area contributed by atoms with Crippen LogP contribution < -0.4 is 5.32 Å². The molecular formula is C13H30N2O. The molecule has 0 aromatic carbocycles. The second-order valence-corrected chi connectivity index (χ2v) is 6.09. The maximum Gasteiger partial charge on any atom is 0.0723 e. The summed E-state index contributed by atoms with van der Waals surface area (Å²) in [4.78, 5) is 2.15. The first-order valence-corrected chi connectivity index (χ1v) is 6.23. The minimum absolute atomic E-state index is 0.165. The quantitative estimate of drug-likeness (QED) is 0.724. The van der Waals surface area contributed by atoms with Crippen LogP contribution in [0.15, 0.2) is 0 Å². The fraction of sp³-hybridized carbons (Fsp3) is 1.00. The zero-order valence-electron chi connectivity index (χ0n) is 12.1. The van der Waals surface area contributed by atoms with Gasteiger partial charge in [0.05, 0.1) is 12.7 Å². The van der Waals surface area contributed by atoms with Crippen LogP contribution in [0.4, 0.5) is 0 Å². The van der Waals surface area contributed by atoms with E-state index < -0.39 is 0 Å². The normalized spacial score (nSPS) is 14.8. The number of hydrogen-bond acceptors (Lipinski definition) is 3. The van der Waals surface area contributed by atoms with Crippen molar-refractivity contribution in [3.05, 3.63) is 0 Å². The van der Waals surface area contributed by atoms with Crippen molar-refractivity contribution in [3.8, 4) is 0 Å². The van der Waals surface area contributed by atoms with Crippen LogP contribution in [0.3, 0.4) is 0 Å². The van der Waals surface area contributed by atoms with Gasteiger partial charge in [0.2, 0.25) is 0 Å². The van der Waals surface area contributed by atoms with Crippen LogP contribution in [-0.4, -0.2) is 50.3 Å². The Morgan fingerprint density at radius 1 is 1.19 bits per heavy atom. The standard InChI is InChI=1S/C13H30N2O/c1-11(2)12(10-14-13(3,4)5)16-9-8-15(6)7/h11-12,14H,8-10H2,1-7H3. The van der Waals surface area contributed by atoms with E-state index in [1.807, 2.05) is 0 Å². The molecule has 0 amide bonds. The van der Waals surface area contributed by atoms with Gasteiger partial charge in [-0.3, -0.25) is 0 Å². The van der Waals surface area contributed by atoms with Gasteiger partial charge in [-0.2, -0.15) is 0 Å². The second kappa shape index (κ2) is 7.25. The van der Waals surface area contributed by atoms with Crippen LogP contribution in [-0.2, 0) is 4.74 Å². The van der Waals surface area contributed by atoms with Gasteiger partial charge < -0.3 is 15.0 Å².